The molecular formula is C12H19N3O3S. The molecule has 106 valence electrons. The summed E-state index contributed by atoms with van der Waals surface area (Å²) in [4.78, 5) is 15.6. The van der Waals surface area contributed by atoms with Crippen LogP contribution in [0.4, 0.5) is 5.69 Å². The second kappa shape index (κ2) is 6.01. The number of anilines is 1. The molecule has 7 heteroatoms. The summed E-state index contributed by atoms with van der Waals surface area (Å²) in [5.74, 6) is -0.523. The van der Waals surface area contributed by atoms with Crippen LogP contribution in [-0.2, 0) is 14.6 Å². The summed E-state index contributed by atoms with van der Waals surface area (Å²) in [6, 6.07) is 1.23. The number of nitrogens with one attached hydrogen (secondary N) is 1. The predicted octanol–water partition coefficient (Wildman–Crippen LogP) is 0.741. The third kappa shape index (κ3) is 3.44. The maximum Gasteiger partial charge on any atom is 0.238 e. The number of sulfone groups is 1. The van der Waals surface area contributed by atoms with Gasteiger partial charge in [-0.3, -0.25) is 9.78 Å². The van der Waals surface area contributed by atoms with Crippen LogP contribution < -0.4 is 11.1 Å². The second-order valence-corrected chi connectivity index (χ2v) is 6.66. The van der Waals surface area contributed by atoms with Crippen LogP contribution in [0.3, 0.4) is 0 Å². The van der Waals surface area contributed by atoms with Crippen LogP contribution in [-0.4, -0.2) is 30.6 Å². The van der Waals surface area contributed by atoms with Gasteiger partial charge in [-0.1, -0.05) is 6.92 Å². The third-order valence-electron chi connectivity index (χ3n) is 2.95. The van der Waals surface area contributed by atoms with Crippen molar-refractivity contribution in [1.29, 1.82) is 0 Å². The number of hydrogen-bond donors (Lipinski definition) is 2. The normalized spacial score (nSPS) is 14.7. The van der Waals surface area contributed by atoms with Gasteiger partial charge in [-0.15, -0.1) is 0 Å². The Morgan fingerprint density at radius 3 is 2.63 bits per heavy atom. The third-order valence-corrected chi connectivity index (χ3v) is 5.08. The number of carbonyl (C=O) groups excluding carboxylic acids is 1. The first-order chi connectivity index (χ1) is 8.80. The Kier molecular flexibility index (Phi) is 4.88. The van der Waals surface area contributed by atoms with Crippen LogP contribution in [0.2, 0.25) is 0 Å². The number of aromatic nitrogens is 1. The molecule has 0 aliphatic rings. The molecule has 2 unspecified atom stereocenters. The first kappa shape index (κ1) is 15.4. The highest BCUT2D eigenvalue weighted by Gasteiger charge is 2.31. The number of pyridine rings is 1. The average molecular weight is 285 g/mol. The van der Waals surface area contributed by atoms with Gasteiger partial charge in [0, 0.05) is 12.2 Å². The zero-order valence-electron chi connectivity index (χ0n) is 11.3. The molecule has 0 bridgehead atoms. The van der Waals surface area contributed by atoms with Crippen molar-refractivity contribution in [2.75, 3.05) is 5.73 Å². The molecule has 0 aliphatic heterocycles. The standard InChI is InChI=1S/C12H19N3O3S/c1-4-8(2)15-12(16)9(3)19(17,18)11-5-6-14-7-10(11)13/h5-9H,4,13H2,1-3H3,(H,15,16). The zero-order chi connectivity index (χ0) is 14.6. The molecule has 0 saturated carbocycles. The lowest BCUT2D eigenvalue weighted by Crippen LogP contribution is -2.42. The SMILES string of the molecule is CCC(C)NC(=O)C(C)S(=O)(=O)c1ccncc1N. The van der Waals surface area contributed by atoms with Crippen LogP contribution in [0.15, 0.2) is 23.4 Å². The van der Waals surface area contributed by atoms with Crippen molar-refractivity contribution < 1.29 is 13.2 Å². The van der Waals surface area contributed by atoms with E-state index in [2.05, 4.69) is 10.3 Å². The topological polar surface area (TPSA) is 102 Å². The lowest BCUT2D eigenvalue weighted by Gasteiger charge is -2.17. The van der Waals surface area contributed by atoms with Gasteiger partial charge in [0.2, 0.25) is 5.91 Å². The smallest absolute Gasteiger partial charge is 0.238 e. The fraction of sp³-hybridized carbons (Fsp3) is 0.500. The summed E-state index contributed by atoms with van der Waals surface area (Å²) in [7, 11) is -3.80. The number of nitrogen functional groups attached to an aromatic ring is 1. The summed E-state index contributed by atoms with van der Waals surface area (Å²) in [5.41, 5.74) is 5.65. The Balaban J connectivity index is 3.01. The van der Waals surface area contributed by atoms with Crippen LogP contribution in [0.5, 0.6) is 0 Å². The molecule has 1 amide bonds. The summed E-state index contributed by atoms with van der Waals surface area (Å²) in [6.07, 6.45) is 3.32. The molecule has 0 radical (unpaired) electrons. The van der Waals surface area contributed by atoms with Crippen molar-refractivity contribution >= 4 is 21.4 Å². The van der Waals surface area contributed by atoms with Crippen molar-refractivity contribution in [3.63, 3.8) is 0 Å². The van der Waals surface area contributed by atoms with E-state index in [1.807, 2.05) is 13.8 Å². The molecule has 0 saturated heterocycles. The van der Waals surface area contributed by atoms with Crippen LogP contribution in [0.25, 0.3) is 0 Å². The maximum atomic E-state index is 12.3. The first-order valence-electron chi connectivity index (χ1n) is 6.04. The highest BCUT2D eigenvalue weighted by atomic mass is 32.2. The largest absolute Gasteiger partial charge is 0.396 e. The molecule has 6 nitrogen and oxygen atoms in total. The molecule has 0 aliphatic carbocycles. The van der Waals surface area contributed by atoms with E-state index in [-0.39, 0.29) is 16.6 Å². The predicted molar refractivity (Wildman–Crippen MR) is 73.2 cm³/mol. The Hall–Kier alpha value is -1.63. The Morgan fingerprint density at radius 1 is 1.47 bits per heavy atom. The number of amides is 1. The molecule has 1 aromatic heterocycles. The number of nitrogens with zero attached hydrogens (tertiary/aromatic N) is 1. The average Bonchev–Trinajstić information content (AvgIpc) is 2.37. The van der Waals surface area contributed by atoms with Gasteiger partial charge < -0.3 is 11.1 Å². The monoisotopic (exact) mass is 285 g/mol. The van der Waals surface area contributed by atoms with E-state index < -0.39 is 21.0 Å². The minimum Gasteiger partial charge on any atom is -0.396 e. The Labute approximate surface area is 113 Å². The molecule has 2 atom stereocenters. The van der Waals surface area contributed by atoms with Crippen LogP contribution in [0, 0.1) is 0 Å². The molecule has 1 heterocycles. The van der Waals surface area contributed by atoms with Crippen LogP contribution >= 0.6 is 0 Å². The van der Waals surface area contributed by atoms with E-state index in [1.165, 1.54) is 25.4 Å². The maximum absolute atomic E-state index is 12.3. The molecule has 0 fully saturated rings. The molecule has 1 aromatic rings. The van der Waals surface area contributed by atoms with Gasteiger partial charge in [0.1, 0.15) is 5.25 Å². The highest BCUT2D eigenvalue weighted by Crippen LogP contribution is 2.21. The molecule has 1 rings (SSSR count). The van der Waals surface area contributed by atoms with Gasteiger partial charge in [0.15, 0.2) is 9.84 Å². The van der Waals surface area contributed by atoms with Crippen molar-refractivity contribution in [2.45, 2.75) is 43.4 Å². The number of nitrogens with two attached hydrogens (primary N) is 1. The van der Waals surface area contributed by atoms with Gasteiger partial charge in [-0.2, -0.15) is 0 Å². The van der Waals surface area contributed by atoms with E-state index in [1.54, 1.807) is 0 Å². The fourth-order valence-corrected chi connectivity index (χ4v) is 2.81. The van der Waals surface area contributed by atoms with Crippen molar-refractivity contribution in [1.82, 2.24) is 10.3 Å². The lowest BCUT2D eigenvalue weighted by molar-refractivity contribution is -0.121. The Bertz CT molecular complexity index is 557. The molecule has 0 spiro atoms. The summed E-state index contributed by atoms with van der Waals surface area (Å²) in [6.45, 7) is 5.08. The summed E-state index contributed by atoms with van der Waals surface area (Å²) in [5, 5.41) is 1.46. The zero-order valence-corrected chi connectivity index (χ0v) is 12.1. The Morgan fingerprint density at radius 2 is 2.11 bits per heavy atom. The van der Waals surface area contributed by atoms with E-state index >= 15 is 0 Å². The van der Waals surface area contributed by atoms with E-state index in [0.717, 1.165) is 6.42 Å². The number of rotatable bonds is 5. The lowest BCUT2D eigenvalue weighted by atomic mass is 10.2. The second-order valence-electron chi connectivity index (χ2n) is 4.42. The quantitative estimate of drug-likeness (QED) is 0.830. The van der Waals surface area contributed by atoms with Gasteiger partial charge in [-0.05, 0) is 26.3 Å². The number of hydrogen-bond acceptors (Lipinski definition) is 5. The van der Waals surface area contributed by atoms with Gasteiger partial charge in [0.25, 0.3) is 0 Å². The van der Waals surface area contributed by atoms with Crippen molar-refractivity contribution in [3.05, 3.63) is 18.5 Å². The summed E-state index contributed by atoms with van der Waals surface area (Å²) < 4.78 is 24.6. The van der Waals surface area contributed by atoms with E-state index in [4.69, 9.17) is 5.73 Å². The summed E-state index contributed by atoms with van der Waals surface area (Å²) >= 11 is 0. The highest BCUT2D eigenvalue weighted by molar-refractivity contribution is 7.93. The van der Waals surface area contributed by atoms with E-state index in [9.17, 15) is 13.2 Å². The van der Waals surface area contributed by atoms with E-state index in [0.29, 0.717) is 0 Å². The van der Waals surface area contributed by atoms with Gasteiger partial charge in [0.05, 0.1) is 16.8 Å². The molecular weight excluding hydrogens is 266 g/mol. The van der Waals surface area contributed by atoms with Crippen molar-refractivity contribution in [3.8, 4) is 0 Å². The minimum atomic E-state index is -3.80. The van der Waals surface area contributed by atoms with Crippen molar-refractivity contribution in [2.24, 2.45) is 0 Å². The minimum absolute atomic E-state index is 0.0469. The number of carbonyl (C=O) groups is 1. The molecule has 3 N–H and O–H groups in total. The van der Waals surface area contributed by atoms with Gasteiger partial charge >= 0.3 is 0 Å². The van der Waals surface area contributed by atoms with Crippen LogP contribution in [0.1, 0.15) is 27.2 Å². The van der Waals surface area contributed by atoms with Gasteiger partial charge in [-0.25, -0.2) is 8.42 Å². The molecule has 0 aromatic carbocycles. The molecule has 19 heavy (non-hydrogen) atoms. The fourth-order valence-electron chi connectivity index (χ4n) is 1.45. The first-order valence-corrected chi connectivity index (χ1v) is 7.59.